The molecule has 0 spiro atoms. The number of rotatable bonds is 4. The number of anilines is 1. The summed E-state index contributed by atoms with van der Waals surface area (Å²) in [4.78, 5) is 17.6. The zero-order valence-electron chi connectivity index (χ0n) is 11.6. The number of nitrogens with two attached hydrogens (primary N) is 1. The van der Waals surface area contributed by atoms with E-state index in [9.17, 15) is 4.79 Å². The van der Waals surface area contributed by atoms with Crippen LogP contribution in [0.4, 0.5) is 5.69 Å². The van der Waals surface area contributed by atoms with Gasteiger partial charge in [0.1, 0.15) is 10.8 Å². The highest BCUT2D eigenvalue weighted by Gasteiger charge is 2.15. The average Bonchev–Trinajstić information content (AvgIpc) is 2.84. The van der Waals surface area contributed by atoms with Crippen molar-refractivity contribution in [2.75, 3.05) is 12.8 Å². The van der Waals surface area contributed by atoms with Gasteiger partial charge >= 0.3 is 0 Å². The van der Waals surface area contributed by atoms with Crippen molar-refractivity contribution in [1.29, 1.82) is 0 Å². The lowest BCUT2D eigenvalue weighted by Crippen LogP contribution is -2.26. The van der Waals surface area contributed by atoms with Crippen LogP contribution in [0.5, 0.6) is 5.75 Å². The minimum absolute atomic E-state index is 0.145. The highest BCUT2D eigenvalue weighted by molar-refractivity contribution is 7.11. The summed E-state index contributed by atoms with van der Waals surface area (Å²) in [6.07, 6.45) is 1.80. The molecule has 0 saturated heterocycles. The zero-order chi connectivity index (χ0) is 14.7. The number of nitrogen functional groups attached to an aromatic ring is 1. The predicted octanol–water partition coefficient (Wildman–Crippen LogP) is 2.53. The Bertz CT molecular complexity index is 625. The summed E-state index contributed by atoms with van der Waals surface area (Å²) in [7, 11) is 1.54. The predicted molar refractivity (Wildman–Crippen MR) is 80.1 cm³/mol. The van der Waals surface area contributed by atoms with Gasteiger partial charge in [-0.15, -0.1) is 11.3 Å². The van der Waals surface area contributed by atoms with E-state index in [-0.39, 0.29) is 11.9 Å². The maximum absolute atomic E-state index is 12.2. The fourth-order valence-corrected chi connectivity index (χ4v) is 2.56. The van der Waals surface area contributed by atoms with Crippen LogP contribution >= 0.6 is 11.3 Å². The van der Waals surface area contributed by atoms with Crippen molar-refractivity contribution in [1.82, 2.24) is 10.3 Å². The van der Waals surface area contributed by atoms with E-state index in [0.29, 0.717) is 17.0 Å². The van der Waals surface area contributed by atoms with Gasteiger partial charge in [-0.3, -0.25) is 4.79 Å². The second-order valence-electron chi connectivity index (χ2n) is 4.50. The van der Waals surface area contributed by atoms with Gasteiger partial charge < -0.3 is 15.8 Å². The quantitative estimate of drug-likeness (QED) is 0.849. The van der Waals surface area contributed by atoms with Crippen LogP contribution in [0.15, 0.2) is 24.4 Å². The number of aryl methyl sites for hydroxylation is 1. The molecular formula is C14H17N3O2S. The van der Waals surface area contributed by atoms with E-state index in [1.54, 1.807) is 35.7 Å². The van der Waals surface area contributed by atoms with E-state index in [1.165, 1.54) is 7.11 Å². The van der Waals surface area contributed by atoms with Crippen molar-refractivity contribution >= 4 is 22.9 Å². The Morgan fingerprint density at radius 2 is 2.20 bits per heavy atom. The molecule has 0 aliphatic heterocycles. The molecule has 0 fully saturated rings. The second-order valence-corrected chi connectivity index (χ2v) is 5.77. The van der Waals surface area contributed by atoms with Gasteiger partial charge in [0.25, 0.3) is 5.91 Å². The molecule has 1 aromatic heterocycles. The number of carbonyl (C=O) groups excluding carboxylic acids is 1. The molecule has 1 unspecified atom stereocenters. The Labute approximate surface area is 121 Å². The molecule has 0 bridgehead atoms. The average molecular weight is 291 g/mol. The number of nitrogens with zero attached hydrogens (tertiary/aromatic N) is 1. The van der Waals surface area contributed by atoms with E-state index < -0.39 is 0 Å². The smallest absolute Gasteiger partial charge is 0.252 e. The molecule has 1 amide bonds. The Morgan fingerprint density at radius 1 is 1.45 bits per heavy atom. The molecule has 5 nitrogen and oxygen atoms in total. The largest absolute Gasteiger partial charge is 0.497 e. The number of methoxy groups -OCH3 is 1. The standard InChI is InChI=1S/C14H17N3O2S/c1-8-7-16-14(20-8)9(2)17-13(18)10-4-11(15)6-12(5-10)19-3/h4-7,9H,15H2,1-3H3,(H,17,18). The van der Waals surface area contributed by atoms with Crippen LogP contribution in [0, 0.1) is 6.92 Å². The van der Waals surface area contributed by atoms with Gasteiger partial charge in [0, 0.05) is 28.4 Å². The Kier molecular flexibility index (Phi) is 4.24. The lowest BCUT2D eigenvalue weighted by atomic mass is 10.1. The van der Waals surface area contributed by atoms with Crippen LogP contribution in [0.25, 0.3) is 0 Å². The molecule has 2 rings (SSSR count). The normalized spacial score (nSPS) is 11.9. The van der Waals surface area contributed by atoms with Gasteiger partial charge in [0.15, 0.2) is 0 Å². The topological polar surface area (TPSA) is 77.2 Å². The number of nitrogens with one attached hydrogen (secondary N) is 1. The maximum atomic E-state index is 12.2. The van der Waals surface area contributed by atoms with E-state index in [0.717, 1.165) is 9.88 Å². The molecular weight excluding hydrogens is 274 g/mol. The molecule has 3 N–H and O–H groups in total. The summed E-state index contributed by atoms with van der Waals surface area (Å²) in [6.45, 7) is 3.89. The number of hydrogen-bond acceptors (Lipinski definition) is 5. The third-order valence-electron chi connectivity index (χ3n) is 2.78. The summed E-state index contributed by atoms with van der Waals surface area (Å²) in [5.74, 6) is 0.365. The molecule has 2 aromatic rings. The van der Waals surface area contributed by atoms with Gasteiger partial charge in [-0.05, 0) is 26.0 Å². The van der Waals surface area contributed by atoms with Crippen LogP contribution in [-0.2, 0) is 0 Å². The molecule has 0 radical (unpaired) electrons. The summed E-state index contributed by atoms with van der Waals surface area (Å²) in [6, 6.07) is 4.81. The van der Waals surface area contributed by atoms with Crippen LogP contribution < -0.4 is 15.8 Å². The summed E-state index contributed by atoms with van der Waals surface area (Å²) >= 11 is 1.57. The minimum Gasteiger partial charge on any atom is -0.497 e. The van der Waals surface area contributed by atoms with Gasteiger partial charge in [0.2, 0.25) is 0 Å². The highest BCUT2D eigenvalue weighted by Crippen LogP contribution is 2.21. The fraction of sp³-hybridized carbons (Fsp3) is 0.286. The lowest BCUT2D eigenvalue weighted by Gasteiger charge is -2.12. The Hall–Kier alpha value is -2.08. The third kappa shape index (κ3) is 3.27. The third-order valence-corrected chi connectivity index (χ3v) is 3.88. The number of thiazole rings is 1. The molecule has 1 atom stereocenters. The van der Waals surface area contributed by atoms with E-state index >= 15 is 0 Å². The van der Waals surface area contributed by atoms with E-state index in [4.69, 9.17) is 10.5 Å². The molecule has 0 saturated carbocycles. The first kappa shape index (κ1) is 14.3. The molecule has 0 aliphatic rings. The zero-order valence-corrected chi connectivity index (χ0v) is 12.5. The fourth-order valence-electron chi connectivity index (χ4n) is 1.79. The van der Waals surface area contributed by atoms with Crippen molar-refractivity contribution < 1.29 is 9.53 Å². The molecule has 1 heterocycles. The van der Waals surface area contributed by atoms with Gasteiger partial charge in [0.05, 0.1) is 13.2 Å². The summed E-state index contributed by atoms with van der Waals surface area (Å²) in [5, 5.41) is 3.78. The van der Waals surface area contributed by atoms with Crippen LogP contribution in [0.2, 0.25) is 0 Å². The number of amides is 1. The monoisotopic (exact) mass is 291 g/mol. The Morgan fingerprint density at radius 3 is 2.80 bits per heavy atom. The van der Waals surface area contributed by atoms with Crippen LogP contribution in [0.3, 0.4) is 0 Å². The van der Waals surface area contributed by atoms with Crippen molar-refractivity contribution in [3.63, 3.8) is 0 Å². The SMILES string of the molecule is COc1cc(N)cc(C(=O)NC(C)c2ncc(C)s2)c1. The summed E-state index contributed by atoms with van der Waals surface area (Å²) < 4.78 is 5.11. The number of aromatic nitrogens is 1. The molecule has 0 aliphatic carbocycles. The first-order chi connectivity index (χ1) is 9.49. The second kappa shape index (κ2) is 5.92. The van der Waals surface area contributed by atoms with Crippen molar-refractivity contribution in [2.45, 2.75) is 19.9 Å². The van der Waals surface area contributed by atoms with E-state index in [2.05, 4.69) is 10.3 Å². The molecule has 20 heavy (non-hydrogen) atoms. The van der Waals surface area contributed by atoms with Gasteiger partial charge in [-0.2, -0.15) is 0 Å². The molecule has 106 valence electrons. The number of carbonyl (C=O) groups is 1. The maximum Gasteiger partial charge on any atom is 0.252 e. The number of hydrogen-bond donors (Lipinski definition) is 2. The van der Waals surface area contributed by atoms with Crippen molar-refractivity contribution in [3.05, 3.63) is 39.8 Å². The Balaban J connectivity index is 2.13. The summed E-state index contributed by atoms with van der Waals surface area (Å²) in [5.41, 5.74) is 6.71. The van der Waals surface area contributed by atoms with Crippen LogP contribution in [-0.4, -0.2) is 18.0 Å². The van der Waals surface area contributed by atoms with Crippen molar-refractivity contribution in [2.24, 2.45) is 0 Å². The highest BCUT2D eigenvalue weighted by atomic mass is 32.1. The van der Waals surface area contributed by atoms with Gasteiger partial charge in [-0.1, -0.05) is 0 Å². The van der Waals surface area contributed by atoms with Gasteiger partial charge in [-0.25, -0.2) is 4.98 Å². The minimum atomic E-state index is -0.198. The van der Waals surface area contributed by atoms with Crippen molar-refractivity contribution in [3.8, 4) is 5.75 Å². The van der Waals surface area contributed by atoms with E-state index in [1.807, 2.05) is 13.8 Å². The van der Waals surface area contributed by atoms with Crippen LogP contribution in [0.1, 0.15) is 33.2 Å². The number of ether oxygens (including phenoxy) is 1. The first-order valence-electron chi connectivity index (χ1n) is 6.17. The molecule has 6 heteroatoms. The lowest BCUT2D eigenvalue weighted by molar-refractivity contribution is 0.0939. The number of benzene rings is 1. The first-order valence-corrected chi connectivity index (χ1v) is 6.99. The molecule has 1 aromatic carbocycles.